The molecule has 6 rings (SSSR count). The topological polar surface area (TPSA) is 59.0 Å². The van der Waals surface area contributed by atoms with Crippen molar-refractivity contribution >= 4 is 18.0 Å². The molecule has 6 atom stereocenters. The summed E-state index contributed by atoms with van der Waals surface area (Å²) in [7, 11) is 1.59. The predicted molar refractivity (Wildman–Crippen MR) is 87.1 cm³/mol. The minimum absolute atomic E-state index is 0.138. The number of carbonyl (C=O) groups is 2. The summed E-state index contributed by atoms with van der Waals surface area (Å²) in [5.74, 6) is 1.66. The van der Waals surface area contributed by atoms with Crippen LogP contribution in [0.4, 0.5) is 0 Å². The fraction of sp³-hybridized carbons (Fsp3) is 0.421. The number of nitrogens with zero attached hydrogens (tertiary/aromatic N) is 2. The molecule has 0 spiro atoms. The molecule has 0 aromatic heterocycles. The Morgan fingerprint density at radius 3 is 2.33 bits per heavy atom. The van der Waals surface area contributed by atoms with Gasteiger partial charge < -0.3 is 4.74 Å². The van der Waals surface area contributed by atoms with Crippen molar-refractivity contribution in [2.24, 2.45) is 40.6 Å². The van der Waals surface area contributed by atoms with Crippen LogP contribution in [0.15, 0.2) is 41.5 Å². The van der Waals surface area contributed by atoms with Gasteiger partial charge in [0.15, 0.2) is 0 Å². The molecule has 2 saturated carbocycles. The van der Waals surface area contributed by atoms with Gasteiger partial charge in [-0.1, -0.05) is 24.3 Å². The standard InChI is InChI=1S/C19H18N2O3/c1-24-15-5-3-2-4-10(15)9-20-21-18(22)16-11-6-7-12(14-8-13(11)14)17(16)19(21)23/h2-7,9,11-14,16-17H,8H2,1H3/b20-9-/t11-,12-,13-,14+,16-,17+/m0/s1. The molecule has 24 heavy (non-hydrogen) atoms. The molecule has 1 aromatic carbocycles. The summed E-state index contributed by atoms with van der Waals surface area (Å²) < 4.78 is 5.28. The number of hydrazone groups is 1. The summed E-state index contributed by atoms with van der Waals surface area (Å²) in [4.78, 5) is 25.6. The van der Waals surface area contributed by atoms with E-state index >= 15 is 0 Å². The SMILES string of the molecule is COc1ccccc1/C=N\N1C(=O)[C@@H]2[C@H]3C=C[C@@H]([C@@H]4C[C@H]34)[C@@H]2C1=O. The highest BCUT2D eigenvalue weighted by Crippen LogP contribution is 2.65. The Bertz CT molecular complexity index is 764. The Kier molecular flexibility index (Phi) is 2.78. The molecule has 5 heteroatoms. The van der Waals surface area contributed by atoms with Crippen LogP contribution in [0, 0.1) is 35.5 Å². The summed E-state index contributed by atoms with van der Waals surface area (Å²) >= 11 is 0. The summed E-state index contributed by atoms with van der Waals surface area (Å²) in [6, 6.07) is 7.41. The summed E-state index contributed by atoms with van der Waals surface area (Å²) in [6.07, 6.45) is 7.04. The van der Waals surface area contributed by atoms with Crippen LogP contribution < -0.4 is 4.74 Å². The fourth-order valence-electron chi connectivity index (χ4n) is 4.95. The number of amides is 2. The van der Waals surface area contributed by atoms with E-state index in [1.807, 2.05) is 24.3 Å². The lowest BCUT2D eigenvalue weighted by Gasteiger charge is -2.37. The summed E-state index contributed by atoms with van der Waals surface area (Å²) in [5, 5.41) is 5.32. The van der Waals surface area contributed by atoms with Gasteiger partial charge in [0.05, 0.1) is 25.2 Å². The Morgan fingerprint density at radius 2 is 1.71 bits per heavy atom. The summed E-state index contributed by atoms with van der Waals surface area (Å²) in [5.41, 5.74) is 0.749. The zero-order valence-corrected chi connectivity index (χ0v) is 13.3. The molecule has 3 fully saturated rings. The van der Waals surface area contributed by atoms with Gasteiger partial charge in [-0.3, -0.25) is 9.59 Å². The number of hydrogen-bond acceptors (Lipinski definition) is 4. The highest BCUT2D eigenvalue weighted by atomic mass is 16.5. The van der Waals surface area contributed by atoms with Gasteiger partial charge >= 0.3 is 0 Å². The number of para-hydroxylation sites is 1. The van der Waals surface area contributed by atoms with Gasteiger partial charge in [-0.2, -0.15) is 10.1 Å². The van der Waals surface area contributed by atoms with Gasteiger partial charge in [0.1, 0.15) is 5.75 Å². The molecule has 0 N–H and O–H groups in total. The van der Waals surface area contributed by atoms with Crippen LogP contribution in [0.3, 0.4) is 0 Å². The molecule has 122 valence electrons. The summed E-state index contributed by atoms with van der Waals surface area (Å²) in [6.45, 7) is 0. The van der Waals surface area contributed by atoms with Gasteiger partial charge in [-0.25, -0.2) is 0 Å². The molecule has 1 aliphatic heterocycles. The first kappa shape index (κ1) is 14.0. The van der Waals surface area contributed by atoms with Crippen molar-refractivity contribution in [1.29, 1.82) is 0 Å². The van der Waals surface area contributed by atoms with Gasteiger partial charge in [0.25, 0.3) is 11.8 Å². The number of allylic oxidation sites excluding steroid dienone is 2. The Morgan fingerprint density at radius 1 is 1.08 bits per heavy atom. The molecular weight excluding hydrogens is 304 g/mol. The lowest BCUT2D eigenvalue weighted by Crippen LogP contribution is -2.40. The second kappa shape index (κ2) is 4.79. The van der Waals surface area contributed by atoms with Crippen LogP contribution in [-0.4, -0.2) is 30.1 Å². The predicted octanol–water partition coefficient (Wildman–Crippen LogP) is 2.08. The zero-order chi connectivity index (χ0) is 16.4. The third kappa shape index (κ3) is 1.72. The number of hydrogen-bond donors (Lipinski definition) is 0. The molecule has 5 nitrogen and oxygen atoms in total. The lowest BCUT2D eigenvalue weighted by atomic mass is 9.63. The Balaban J connectivity index is 1.45. The van der Waals surface area contributed by atoms with E-state index in [4.69, 9.17) is 4.74 Å². The smallest absolute Gasteiger partial charge is 0.254 e. The van der Waals surface area contributed by atoms with E-state index in [-0.39, 0.29) is 35.5 Å². The number of benzene rings is 1. The average molecular weight is 322 g/mol. The molecule has 4 aliphatic carbocycles. The van der Waals surface area contributed by atoms with Crippen molar-refractivity contribution < 1.29 is 14.3 Å². The Hall–Kier alpha value is -2.43. The minimum atomic E-state index is -0.203. The molecule has 1 heterocycles. The molecule has 1 aromatic rings. The molecule has 5 aliphatic rings. The number of imide groups is 1. The highest BCUT2D eigenvalue weighted by molar-refractivity contribution is 6.06. The van der Waals surface area contributed by atoms with Crippen LogP contribution >= 0.6 is 0 Å². The first-order valence-electron chi connectivity index (χ1n) is 8.44. The van der Waals surface area contributed by atoms with Crippen molar-refractivity contribution in [3.8, 4) is 5.75 Å². The van der Waals surface area contributed by atoms with Crippen LogP contribution in [-0.2, 0) is 9.59 Å². The van der Waals surface area contributed by atoms with Crippen molar-refractivity contribution in [3.05, 3.63) is 42.0 Å². The van der Waals surface area contributed by atoms with Gasteiger partial charge in [-0.15, -0.1) is 0 Å². The second-order valence-corrected chi connectivity index (χ2v) is 7.13. The van der Waals surface area contributed by atoms with Gasteiger partial charge in [0, 0.05) is 5.56 Å². The number of ether oxygens (including phenoxy) is 1. The number of carbonyl (C=O) groups excluding carboxylic acids is 2. The van der Waals surface area contributed by atoms with Crippen molar-refractivity contribution in [2.45, 2.75) is 6.42 Å². The van der Waals surface area contributed by atoms with Crippen molar-refractivity contribution in [2.75, 3.05) is 7.11 Å². The van der Waals surface area contributed by atoms with Crippen LogP contribution in [0.2, 0.25) is 0 Å². The average Bonchev–Trinajstić information content (AvgIpc) is 3.39. The largest absolute Gasteiger partial charge is 0.496 e. The van der Waals surface area contributed by atoms with E-state index in [0.717, 1.165) is 10.6 Å². The van der Waals surface area contributed by atoms with E-state index in [0.29, 0.717) is 17.6 Å². The molecular formula is C19H18N2O3. The normalized spacial score (nSPS) is 38.6. The van der Waals surface area contributed by atoms with E-state index in [1.54, 1.807) is 13.3 Å². The Labute approximate surface area is 140 Å². The minimum Gasteiger partial charge on any atom is -0.496 e. The number of rotatable bonds is 3. The third-order valence-electron chi connectivity index (χ3n) is 6.09. The molecule has 2 amide bonds. The van der Waals surface area contributed by atoms with Crippen LogP contribution in [0.5, 0.6) is 5.75 Å². The van der Waals surface area contributed by atoms with Crippen LogP contribution in [0.25, 0.3) is 0 Å². The maximum Gasteiger partial charge on any atom is 0.254 e. The van der Waals surface area contributed by atoms with Crippen molar-refractivity contribution in [1.82, 2.24) is 5.01 Å². The monoisotopic (exact) mass is 322 g/mol. The first-order chi connectivity index (χ1) is 11.7. The van der Waals surface area contributed by atoms with Gasteiger partial charge in [-0.05, 0) is 42.2 Å². The van der Waals surface area contributed by atoms with E-state index in [2.05, 4.69) is 17.3 Å². The molecule has 1 saturated heterocycles. The van der Waals surface area contributed by atoms with E-state index in [9.17, 15) is 9.59 Å². The molecule has 0 radical (unpaired) electrons. The first-order valence-corrected chi connectivity index (χ1v) is 8.44. The fourth-order valence-corrected chi connectivity index (χ4v) is 4.95. The quantitative estimate of drug-likeness (QED) is 0.486. The lowest BCUT2D eigenvalue weighted by molar-refractivity contribution is -0.140. The van der Waals surface area contributed by atoms with Gasteiger partial charge in [0.2, 0.25) is 0 Å². The zero-order valence-electron chi connectivity index (χ0n) is 13.3. The van der Waals surface area contributed by atoms with Crippen molar-refractivity contribution in [3.63, 3.8) is 0 Å². The maximum absolute atomic E-state index is 12.8. The molecule has 0 unspecified atom stereocenters. The third-order valence-corrected chi connectivity index (χ3v) is 6.09. The maximum atomic E-state index is 12.8. The highest BCUT2D eigenvalue weighted by Gasteiger charge is 2.67. The number of methoxy groups -OCH3 is 1. The second-order valence-electron chi connectivity index (χ2n) is 7.13. The van der Waals surface area contributed by atoms with E-state index < -0.39 is 0 Å². The molecule has 2 bridgehead atoms. The van der Waals surface area contributed by atoms with Crippen LogP contribution in [0.1, 0.15) is 12.0 Å². The van der Waals surface area contributed by atoms with E-state index in [1.165, 1.54) is 6.42 Å².